The molecule has 6 nitrogen and oxygen atoms in total. The molecular weight excluding hydrogens is 492 g/mol. The highest BCUT2D eigenvalue weighted by atomic mass is 32.1. The minimum Gasteiger partial charge on any atom is -0.358 e. The number of hydrogen-bond donors (Lipinski definition) is 2. The first-order valence-electron chi connectivity index (χ1n) is 12.9. The van der Waals surface area contributed by atoms with Crippen LogP contribution in [0.15, 0.2) is 60.7 Å². The summed E-state index contributed by atoms with van der Waals surface area (Å²) in [6, 6.07) is 20.7. The summed E-state index contributed by atoms with van der Waals surface area (Å²) in [7, 11) is 2.08. The number of piperazine rings is 1. The quantitative estimate of drug-likeness (QED) is 0.328. The van der Waals surface area contributed by atoms with E-state index in [1.165, 1.54) is 10.4 Å². The summed E-state index contributed by atoms with van der Waals surface area (Å²) >= 11 is 1.74. The van der Waals surface area contributed by atoms with E-state index in [0.717, 1.165) is 64.8 Å². The van der Waals surface area contributed by atoms with Crippen molar-refractivity contribution in [3.8, 4) is 20.9 Å². The molecule has 0 atom stereocenters. The van der Waals surface area contributed by atoms with Crippen LogP contribution in [0.1, 0.15) is 32.9 Å². The summed E-state index contributed by atoms with van der Waals surface area (Å²) in [5.74, 6) is -0.0774. The fourth-order valence-electron chi connectivity index (χ4n) is 5.29. The van der Waals surface area contributed by atoms with Crippen LogP contribution in [-0.4, -0.2) is 59.8 Å². The molecule has 2 aliphatic heterocycles. The van der Waals surface area contributed by atoms with Gasteiger partial charge in [-0.05, 0) is 67.9 Å². The molecule has 2 aromatic heterocycles. The molecule has 0 saturated carbocycles. The van der Waals surface area contributed by atoms with Crippen LogP contribution in [0.5, 0.6) is 0 Å². The topological polar surface area (TPSA) is 68.4 Å². The third-order valence-electron chi connectivity index (χ3n) is 7.52. The molecule has 38 heavy (non-hydrogen) atoms. The van der Waals surface area contributed by atoms with Crippen LogP contribution in [0.2, 0.25) is 0 Å². The number of hydrogen-bond acceptors (Lipinski definition) is 4. The molecule has 0 bridgehead atoms. The second kappa shape index (κ2) is 9.74. The first-order valence-corrected chi connectivity index (χ1v) is 13.7. The van der Waals surface area contributed by atoms with Crippen molar-refractivity contribution in [2.45, 2.75) is 13.8 Å². The van der Waals surface area contributed by atoms with Gasteiger partial charge in [-0.1, -0.05) is 36.4 Å². The minimum absolute atomic E-state index is 0.0551. The molecule has 1 saturated heterocycles. The van der Waals surface area contributed by atoms with Gasteiger partial charge in [-0.3, -0.25) is 9.59 Å². The standard InChI is InChI=1S/C31H30N4O2S/c1-19-26(32-20(2)29(19)31(37)35-15-13-34(3)14-16-35)18-24-23-17-22(9-10-25(23)33-30(24)36)28-12-11-27(38-28)21-7-5-4-6-8-21/h4-12,17-18,32H,13-16H2,1-3H3,(H,33,36). The van der Waals surface area contributed by atoms with Crippen LogP contribution in [0.4, 0.5) is 5.69 Å². The smallest absolute Gasteiger partial charge is 0.256 e. The van der Waals surface area contributed by atoms with Gasteiger partial charge in [0.1, 0.15) is 0 Å². The van der Waals surface area contributed by atoms with Crippen molar-refractivity contribution < 1.29 is 9.59 Å². The van der Waals surface area contributed by atoms with Gasteiger partial charge in [0.25, 0.3) is 11.8 Å². The lowest BCUT2D eigenvalue weighted by Gasteiger charge is -2.32. The van der Waals surface area contributed by atoms with Gasteiger partial charge in [-0.15, -0.1) is 11.3 Å². The summed E-state index contributed by atoms with van der Waals surface area (Å²) in [4.78, 5) is 36.3. The molecule has 0 spiro atoms. The number of carbonyl (C=O) groups is 2. The molecular formula is C31H30N4O2S. The van der Waals surface area contributed by atoms with Crippen molar-refractivity contribution in [1.82, 2.24) is 14.8 Å². The maximum atomic E-state index is 13.4. The van der Waals surface area contributed by atoms with E-state index < -0.39 is 0 Å². The lowest BCUT2D eigenvalue weighted by Crippen LogP contribution is -2.47. The Hall–Kier alpha value is -3.94. The highest BCUT2D eigenvalue weighted by molar-refractivity contribution is 7.18. The molecule has 7 heteroatoms. The number of aryl methyl sites for hydroxylation is 1. The lowest BCUT2D eigenvalue weighted by molar-refractivity contribution is -0.110. The Labute approximate surface area is 226 Å². The second-order valence-electron chi connectivity index (χ2n) is 10.1. The number of likely N-dealkylation sites (N-methyl/N-ethyl adjacent to an activating group) is 1. The zero-order chi connectivity index (χ0) is 26.4. The minimum atomic E-state index is -0.132. The summed E-state index contributed by atoms with van der Waals surface area (Å²) in [6.45, 7) is 7.09. The summed E-state index contributed by atoms with van der Waals surface area (Å²) in [6.07, 6.45) is 1.89. The fraction of sp³-hybridized carbons (Fsp3) is 0.226. The number of nitrogens with zero attached hydrogens (tertiary/aromatic N) is 2. The summed E-state index contributed by atoms with van der Waals surface area (Å²) < 4.78 is 0. The lowest BCUT2D eigenvalue weighted by atomic mass is 10.0. The first-order chi connectivity index (χ1) is 18.4. The molecule has 2 aromatic carbocycles. The van der Waals surface area contributed by atoms with E-state index in [1.54, 1.807) is 11.3 Å². The Balaban J connectivity index is 1.32. The molecule has 4 aromatic rings. The predicted octanol–water partition coefficient (Wildman–Crippen LogP) is 5.91. The van der Waals surface area contributed by atoms with Gasteiger partial charge in [0.05, 0.1) is 11.1 Å². The molecule has 0 unspecified atom stereocenters. The van der Waals surface area contributed by atoms with Gasteiger partial charge in [-0.2, -0.15) is 0 Å². The van der Waals surface area contributed by atoms with Crippen LogP contribution in [0.25, 0.3) is 32.5 Å². The average molecular weight is 523 g/mol. The van der Waals surface area contributed by atoms with Gasteiger partial charge >= 0.3 is 0 Å². The number of thiophene rings is 1. The SMILES string of the molecule is Cc1[nH]c(C=C2C(=O)Nc3ccc(-c4ccc(-c5ccccc5)s4)cc32)c(C)c1C(=O)N1CCN(C)CC1. The number of H-pyrrole nitrogens is 1. The predicted molar refractivity (Wildman–Crippen MR) is 155 cm³/mol. The molecule has 1 fully saturated rings. The van der Waals surface area contributed by atoms with Crippen LogP contribution in [0, 0.1) is 13.8 Å². The van der Waals surface area contributed by atoms with Crippen molar-refractivity contribution in [3.05, 3.63) is 88.7 Å². The number of rotatable bonds is 4. The normalized spacial score (nSPS) is 16.7. The first kappa shape index (κ1) is 24.4. The highest BCUT2D eigenvalue weighted by Gasteiger charge is 2.28. The van der Waals surface area contributed by atoms with Gasteiger partial charge in [-0.25, -0.2) is 0 Å². The number of carbonyl (C=O) groups excluding carboxylic acids is 2. The summed E-state index contributed by atoms with van der Waals surface area (Å²) in [5.41, 5.74) is 7.77. The Morgan fingerprint density at radius 1 is 0.921 bits per heavy atom. The Morgan fingerprint density at radius 3 is 2.37 bits per heavy atom. The largest absolute Gasteiger partial charge is 0.358 e. The van der Waals surface area contributed by atoms with Crippen LogP contribution >= 0.6 is 11.3 Å². The fourth-order valence-corrected chi connectivity index (χ4v) is 6.29. The van der Waals surface area contributed by atoms with Gasteiger partial charge in [0, 0.05) is 58.6 Å². The van der Waals surface area contributed by atoms with E-state index in [2.05, 4.69) is 58.6 Å². The Bertz CT molecular complexity index is 1570. The Morgan fingerprint density at radius 2 is 1.63 bits per heavy atom. The third-order valence-corrected chi connectivity index (χ3v) is 8.70. The molecule has 4 heterocycles. The number of nitrogens with one attached hydrogen (secondary N) is 2. The molecule has 2 amide bonds. The van der Waals surface area contributed by atoms with Crippen molar-refractivity contribution in [2.24, 2.45) is 0 Å². The third kappa shape index (κ3) is 4.38. The molecule has 0 aliphatic carbocycles. The van der Waals surface area contributed by atoms with Crippen molar-refractivity contribution in [2.75, 3.05) is 38.5 Å². The number of aromatic amines is 1. The van der Waals surface area contributed by atoms with E-state index in [9.17, 15) is 9.59 Å². The van der Waals surface area contributed by atoms with Gasteiger partial charge < -0.3 is 20.1 Å². The van der Waals surface area contributed by atoms with E-state index in [-0.39, 0.29) is 11.8 Å². The zero-order valence-corrected chi connectivity index (χ0v) is 22.6. The van der Waals surface area contributed by atoms with Crippen molar-refractivity contribution in [1.29, 1.82) is 0 Å². The van der Waals surface area contributed by atoms with E-state index >= 15 is 0 Å². The maximum Gasteiger partial charge on any atom is 0.256 e. The van der Waals surface area contributed by atoms with E-state index in [0.29, 0.717) is 11.1 Å². The highest BCUT2D eigenvalue weighted by Crippen LogP contribution is 2.40. The molecule has 0 radical (unpaired) electrons. The second-order valence-corrected chi connectivity index (χ2v) is 11.1. The molecule has 2 aliphatic rings. The van der Waals surface area contributed by atoms with E-state index in [4.69, 9.17) is 0 Å². The number of benzene rings is 2. The van der Waals surface area contributed by atoms with E-state index in [1.807, 2.05) is 49.1 Å². The van der Waals surface area contributed by atoms with Gasteiger partial charge in [0.15, 0.2) is 0 Å². The molecule has 6 rings (SSSR count). The van der Waals surface area contributed by atoms with Crippen molar-refractivity contribution in [3.63, 3.8) is 0 Å². The number of amides is 2. The number of anilines is 1. The molecule has 192 valence electrons. The zero-order valence-electron chi connectivity index (χ0n) is 21.8. The monoisotopic (exact) mass is 522 g/mol. The molecule has 2 N–H and O–H groups in total. The van der Waals surface area contributed by atoms with Crippen LogP contribution in [-0.2, 0) is 4.79 Å². The number of fused-ring (bicyclic) bond motifs is 1. The van der Waals surface area contributed by atoms with Crippen molar-refractivity contribution >= 4 is 40.5 Å². The summed E-state index contributed by atoms with van der Waals surface area (Å²) in [5, 5.41) is 3.00. The van der Waals surface area contributed by atoms with Crippen LogP contribution in [0.3, 0.4) is 0 Å². The Kier molecular flexibility index (Phi) is 6.26. The average Bonchev–Trinajstić information content (AvgIpc) is 3.61. The maximum absolute atomic E-state index is 13.4. The van der Waals surface area contributed by atoms with Crippen LogP contribution < -0.4 is 5.32 Å². The van der Waals surface area contributed by atoms with Gasteiger partial charge in [0.2, 0.25) is 0 Å². The number of aromatic nitrogens is 1.